The minimum absolute atomic E-state index is 0.0651. The number of nitrogens with zero attached hydrogens (tertiary/aromatic N) is 2. The highest BCUT2D eigenvalue weighted by molar-refractivity contribution is 5.94. The van der Waals surface area contributed by atoms with Crippen molar-refractivity contribution >= 4 is 11.9 Å². The molecule has 1 aromatic carbocycles. The van der Waals surface area contributed by atoms with Crippen LogP contribution in [-0.4, -0.2) is 40.1 Å². The van der Waals surface area contributed by atoms with Gasteiger partial charge in [-0.2, -0.15) is 0 Å². The van der Waals surface area contributed by atoms with Crippen LogP contribution in [0.4, 0.5) is 0 Å². The number of hydrogen-bond acceptors (Lipinski definition) is 5. The maximum atomic E-state index is 12.6. The molecule has 0 radical (unpaired) electrons. The molecule has 0 saturated heterocycles. The summed E-state index contributed by atoms with van der Waals surface area (Å²) in [5, 5.41) is 12.7. The fourth-order valence-electron chi connectivity index (χ4n) is 2.56. The van der Waals surface area contributed by atoms with Crippen molar-refractivity contribution in [1.29, 1.82) is 0 Å². The van der Waals surface area contributed by atoms with Crippen LogP contribution >= 0.6 is 0 Å². The Morgan fingerprint density at radius 3 is 2.42 bits per heavy atom. The second kappa shape index (κ2) is 9.03. The van der Waals surface area contributed by atoms with Crippen LogP contribution in [0.1, 0.15) is 47.1 Å². The summed E-state index contributed by atoms with van der Waals surface area (Å²) in [4.78, 5) is 24.9. The maximum absolute atomic E-state index is 12.6. The van der Waals surface area contributed by atoms with Crippen molar-refractivity contribution in [2.24, 2.45) is 0 Å². The van der Waals surface area contributed by atoms with Gasteiger partial charge in [-0.3, -0.25) is 9.59 Å². The Morgan fingerprint density at radius 1 is 1.19 bits per heavy atom. The van der Waals surface area contributed by atoms with Gasteiger partial charge in [-0.1, -0.05) is 12.1 Å². The monoisotopic (exact) mass is 360 g/mol. The van der Waals surface area contributed by atoms with E-state index in [9.17, 15) is 9.59 Å². The molecule has 26 heavy (non-hydrogen) atoms. The van der Waals surface area contributed by atoms with Crippen LogP contribution in [-0.2, 0) is 11.4 Å². The van der Waals surface area contributed by atoms with Crippen molar-refractivity contribution in [2.45, 2.75) is 40.2 Å². The molecule has 0 aliphatic carbocycles. The normalized spacial score (nSPS) is 10.6. The van der Waals surface area contributed by atoms with Crippen molar-refractivity contribution in [1.82, 2.24) is 10.1 Å². The van der Waals surface area contributed by atoms with Crippen LogP contribution in [0.15, 0.2) is 28.8 Å². The van der Waals surface area contributed by atoms with E-state index in [-0.39, 0.29) is 18.9 Å². The minimum atomic E-state index is -0.915. The molecule has 1 heterocycles. The number of benzene rings is 1. The topological polar surface area (TPSA) is 92.9 Å². The molecule has 0 atom stereocenters. The van der Waals surface area contributed by atoms with Gasteiger partial charge in [-0.25, -0.2) is 0 Å². The first-order chi connectivity index (χ1) is 12.4. The van der Waals surface area contributed by atoms with Crippen molar-refractivity contribution in [3.05, 3.63) is 46.8 Å². The molecule has 7 nitrogen and oxygen atoms in total. The second-order valence-electron chi connectivity index (χ2n) is 6.05. The van der Waals surface area contributed by atoms with E-state index in [0.717, 1.165) is 23.4 Å². The summed E-state index contributed by atoms with van der Waals surface area (Å²) in [7, 11) is 0. The number of ether oxygens (including phenoxy) is 1. The van der Waals surface area contributed by atoms with Gasteiger partial charge in [0.25, 0.3) is 5.91 Å². The number of aliphatic carboxylic acids is 1. The first kappa shape index (κ1) is 19.5. The third-order valence-corrected chi connectivity index (χ3v) is 4.04. The van der Waals surface area contributed by atoms with Crippen molar-refractivity contribution in [3.63, 3.8) is 0 Å². The maximum Gasteiger partial charge on any atom is 0.305 e. The largest absolute Gasteiger partial charge is 0.489 e. The van der Waals surface area contributed by atoms with E-state index in [1.165, 1.54) is 0 Å². The van der Waals surface area contributed by atoms with Gasteiger partial charge < -0.3 is 19.3 Å². The molecule has 140 valence electrons. The van der Waals surface area contributed by atoms with Crippen molar-refractivity contribution in [2.75, 3.05) is 13.1 Å². The molecule has 0 fully saturated rings. The van der Waals surface area contributed by atoms with Gasteiger partial charge in [0.2, 0.25) is 0 Å². The van der Waals surface area contributed by atoms with Gasteiger partial charge in [0.15, 0.2) is 0 Å². The van der Waals surface area contributed by atoms with E-state index in [1.54, 1.807) is 29.2 Å². The van der Waals surface area contributed by atoms with E-state index in [2.05, 4.69) is 5.16 Å². The van der Waals surface area contributed by atoms with Crippen LogP contribution in [0.25, 0.3) is 0 Å². The zero-order valence-corrected chi connectivity index (χ0v) is 15.3. The predicted octanol–water partition coefficient (Wildman–Crippen LogP) is 3.20. The molecule has 1 amide bonds. The molecule has 0 bridgehead atoms. The Bertz CT molecular complexity index is 732. The van der Waals surface area contributed by atoms with E-state index in [1.807, 2.05) is 20.8 Å². The Kier molecular flexibility index (Phi) is 6.77. The summed E-state index contributed by atoms with van der Waals surface area (Å²) < 4.78 is 10.8. The number of hydrogen-bond donors (Lipinski definition) is 1. The number of carboxylic acids is 1. The zero-order valence-electron chi connectivity index (χ0n) is 15.3. The summed E-state index contributed by atoms with van der Waals surface area (Å²) in [6, 6.07) is 6.84. The van der Waals surface area contributed by atoms with Gasteiger partial charge in [-0.15, -0.1) is 0 Å². The Labute approximate surface area is 152 Å². The summed E-state index contributed by atoms with van der Waals surface area (Å²) in [6.07, 6.45) is 0.703. The van der Waals surface area contributed by atoms with Crippen molar-refractivity contribution in [3.8, 4) is 5.75 Å². The summed E-state index contributed by atoms with van der Waals surface area (Å²) in [5.41, 5.74) is 2.21. The van der Waals surface area contributed by atoms with Crippen molar-refractivity contribution < 1.29 is 24.0 Å². The SMILES string of the molecule is CCCN(CCC(=O)O)C(=O)c1ccc(OCc2c(C)noc2C)cc1. The molecular formula is C19H24N2O5. The summed E-state index contributed by atoms with van der Waals surface area (Å²) >= 11 is 0. The van der Waals surface area contributed by atoms with Gasteiger partial charge in [0.05, 0.1) is 17.7 Å². The average molecular weight is 360 g/mol. The van der Waals surface area contributed by atoms with Gasteiger partial charge in [0.1, 0.15) is 18.1 Å². The molecule has 0 unspecified atom stereocenters. The molecule has 1 aromatic heterocycles. The summed E-state index contributed by atoms with van der Waals surface area (Å²) in [5.74, 6) is 0.268. The van der Waals surface area contributed by atoms with Crippen LogP contribution in [0.2, 0.25) is 0 Å². The molecule has 1 N–H and O–H groups in total. The Morgan fingerprint density at radius 2 is 1.88 bits per heavy atom. The lowest BCUT2D eigenvalue weighted by atomic mass is 10.1. The standard InChI is InChI=1S/C19H24N2O5/c1-4-10-21(11-9-18(22)23)19(24)15-5-7-16(8-6-15)25-12-17-13(2)20-26-14(17)3/h5-8H,4,9-12H2,1-3H3,(H,22,23). The second-order valence-corrected chi connectivity index (χ2v) is 6.05. The number of carboxylic acid groups (broad SMARTS) is 1. The van der Waals surface area contributed by atoms with Gasteiger partial charge in [-0.05, 0) is 44.5 Å². The van der Waals surface area contributed by atoms with Crippen LogP contribution < -0.4 is 4.74 Å². The third-order valence-electron chi connectivity index (χ3n) is 4.04. The fourth-order valence-corrected chi connectivity index (χ4v) is 2.56. The molecule has 2 aromatic rings. The minimum Gasteiger partial charge on any atom is -0.489 e. The molecule has 7 heteroatoms. The highest BCUT2D eigenvalue weighted by Gasteiger charge is 2.16. The van der Waals surface area contributed by atoms with Gasteiger partial charge >= 0.3 is 5.97 Å². The first-order valence-electron chi connectivity index (χ1n) is 8.58. The lowest BCUT2D eigenvalue weighted by Gasteiger charge is -2.21. The smallest absolute Gasteiger partial charge is 0.305 e. The number of carbonyl (C=O) groups excluding carboxylic acids is 1. The predicted molar refractivity (Wildman–Crippen MR) is 95.2 cm³/mol. The number of rotatable bonds is 9. The molecule has 0 aliphatic rings. The number of carbonyl (C=O) groups is 2. The lowest BCUT2D eigenvalue weighted by Crippen LogP contribution is -2.33. The van der Waals surface area contributed by atoms with Crippen LogP contribution in [0.5, 0.6) is 5.75 Å². The van der Waals surface area contributed by atoms with E-state index in [4.69, 9.17) is 14.4 Å². The van der Waals surface area contributed by atoms with E-state index in [0.29, 0.717) is 24.5 Å². The molecular weight excluding hydrogens is 336 g/mol. The number of amides is 1. The Hall–Kier alpha value is -2.83. The Balaban J connectivity index is 2.00. The number of aromatic nitrogens is 1. The first-order valence-corrected chi connectivity index (χ1v) is 8.58. The molecule has 2 rings (SSSR count). The zero-order chi connectivity index (χ0) is 19.1. The molecule has 0 saturated carbocycles. The van der Waals surface area contributed by atoms with E-state index < -0.39 is 5.97 Å². The van der Waals surface area contributed by atoms with Crippen LogP contribution in [0.3, 0.4) is 0 Å². The van der Waals surface area contributed by atoms with Gasteiger partial charge in [0, 0.05) is 18.7 Å². The number of aryl methyl sites for hydroxylation is 2. The van der Waals surface area contributed by atoms with E-state index >= 15 is 0 Å². The molecule has 0 aliphatic heterocycles. The third kappa shape index (κ3) is 5.08. The fraction of sp³-hybridized carbons (Fsp3) is 0.421. The average Bonchev–Trinajstić information content (AvgIpc) is 2.94. The lowest BCUT2D eigenvalue weighted by molar-refractivity contribution is -0.137. The highest BCUT2D eigenvalue weighted by atomic mass is 16.5. The highest BCUT2D eigenvalue weighted by Crippen LogP contribution is 2.18. The van der Waals surface area contributed by atoms with Crippen LogP contribution in [0, 0.1) is 13.8 Å². The summed E-state index contributed by atoms with van der Waals surface area (Å²) in [6.45, 7) is 6.71. The quantitative estimate of drug-likeness (QED) is 0.738. The molecule has 0 spiro atoms.